The van der Waals surface area contributed by atoms with E-state index in [9.17, 15) is 0 Å². The molecule has 0 amide bonds. The number of nitrogens with zero attached hydrogens (tertiary/aromatic N) is 2. The van der Waals surface area contributed by atoms with Crippen LogP contribution in [0.25, 0.3) is 0 Å². The van der Waals surface area contributed by atoms with Crippen molar-refractivity contribution in [3.05, 3.63) is 5.69 Å². The Labute approximate surface area is 90.8 Å². The van der Waals surface area contributed by atoms with Gasteiger partial charge in [0.25, 0.3) is 0 Å². The van der Waals surface area contributed by atoms with E-state index in [-0.39, 0.29) is 5.54 Å². The number of aromatic nitrogens is 2. The first-order chi connectivity index (χ1) is 7.02. The SMILES string of the molecule is Cc1nn(C)c(NC2(C)CCCC2)c1N. The molecule has 1 aliphatic rings. The monoisotopic (exact) mass is 208 g/mol. The lowest BCUT2D eigenvalue weighted by Crippen LogP contribution is -2.32. The van der Waals surface area contributed by atoms with Crippen LogP contribution in [0.1, 0.15) is 38.3 Å². The average Bonchev–Trinajstić information content (AvgIpc) is 2.68. The summed E-state index contributed by atoms with van der Waals surface area (Å²) < 4.78 is 1.84. The van der Waals surface area contributed by atoms with Crippen LogP contribution in [0.2, 0.25) is 0 Å². The van der Waals surface area contributed by atoms with Gasteiger partial charge in [-0.05, 0) is 26.7 Å². The molecule has 0 aromatic carbocycles. The number of rotatable bonds is 2. The molecular weight excluding hydrogens is 188 g/mol. The van der Waals surface area contributed by atoms with Gasteiger partial charge < -0.3 is 11.1 Å². The van der Waals surface area contributed by atoms with E-state index in [4.69, 9.17) is 5.73 Å². The van der Waals surface area contributed by atoms with Gasteiger partial charge in [-0.15, -0.1) is 0 Å². The molecule has 3 N–H and O–H groups in total. The van der Waals surface area contributed by atoms with Crippen LogP contribution < -0.4 is 11.1 Å². The summed E-state index contributed by atoms with van der Waals surface area (Å²) in [5.74, 6) is 0.969. The fourth-order valence-corrected chi connectivity index (χ4v) is 2.39. The van der Waals surface area contributed by atoms with Gasteiger partial charge in [0.1, 0.15) is 5.82 Å². The first-order valence-corrected chi connectivity index (χ1v) is 5.59. The van der Waals surface area contributed by atoms with Crippen molar-refractivity contribution in [3.63, 3.8) is 0 Å². The van der Waals surface area contributed by atoms with E-state index >= 15 is 0 Å². The first kappa shape index (κ1) is 10.3. The molecule has 1 aromatic heterocycles. The van der Waals surface area contributed by atoms with E-state index in [1.807, 2.05) is 18.7 Å². The molecule has 4 nitrogen and oxygen atoms in total. The van der Waals surface area contributed by atoms with Crippen LogP contribution in [0.15, 0.2) is 0 Å². The Balaban J connectivity index is 2.23. The van der Waals surface area contributed by atoms with Crippen LogP contribution in [-0.4, -0.2) is 15.3 Å². The molecule has 0 aliphatic heterocycles. The number of nitrogens with two attached hydrogens (primary N) is 1. The Bertz CT molecular complexity index is 361. The Morgan fingerprint density at radius 1 is 1.40 bits per heavy atom. The van der Waals surface area contributed by atoms with Gasteiger partial charge in [-0.25, -0.2) is 0 Å². The van der Waals surface area contributed by atoms with Crippen molar-refractivity contribution in [2.75, 3.05) is 11.1 Å². The van der Waals surface area contributed by atoms with E-state index in [1.165, 1.54) is 25.7 Å². The zero-order chi connectivity index (χ0) is 11.1. The van der Waals surface area contributed by atoms with Crippen molar-refractivity contribution in [2.45, 2.75) is 45.1 Å². The lowest BCUT2D eigenvalue weighted by molar-refractivity contribution is 0.525. The van der Waals surface area contributed by atoms with Crippen molar-refractivity contribution >= 4 is 11.5 Å². The maximum Gasteiger partial charge on any atom is 0.148 e. The zero-order valence-corrected chi connectivity index (χ0v) is 9.80. The highest BCUT2D eigenvalue weighted by molar-refractivity contribution is 5.65. The molecular formula is C11H20N4. The molecule has 1 saturated carbocycles. The van der Waals surface area contributed by atoms with Crippen LogP contribution in [0.4, 0.5) is 11.5 Å². The minimum absolute atomic E-state index is 0.203. The van der Waals surface area contributed by atoms with E-state index in [2.05, 4.69) is 17.3 Å². The predicted molar refractivity (Wildman–Crippen MR) is 62.9 cm³/mol. The van der Waals surface area contributed by atoms with Crippen LogP contribution in [-0.2, 0) is 7.05 Å². The van der Waals surface area contributed by atoms with Crippen LogP contribution in [0.5, 0.6) is 0 Å². The molecule has 0 unspecified atom stereocenters. The highest BCUT2D eigenvalue weighted by atomic mass is 15.3. The smallest absolute Gasteiger partial charge is 0.148 e. The second-order valence-corrected chi connectivity index (χ2v) is 4.86. The Morgan fingerprint density at radius 3 is 2.47 bits per heavy atom. The molecule has 0 atom stereocenters. The van der Waals surface area contributed by atoms with Crippen LogP contribution in [0, 0.1) is 6.92 Å². The largest absolute Gasteiger partial charge is 0.394 e. The molecule has 84 valence electrons. The maximum atomic E-state index is 5.99. The topological polar surface area (TPSA) is 55.9 Å². The fraction of sp³-hybridized carbons (Fsp3) is 0.727. The van der Waals surface area contributed by atoms with Gasteiger partial charge in [-0.3, -0.25) is 4.68 Å². The van der Waals surface area contributed by atoms with Crippen molar-refractivity contribution in [1.29, 1.82) is 0 Å². The average molecular weight is 208 g/mol. The molecule has 4 heteroatoms. The quantitative estimate of drug-likeness (QED) is 0.782. The molecule has 0 spiro atoms. The van der Waals surface area contributed by atoms with Gasteiger partial charge in [-0.1, -0.05) is 12.8 Å². The van der Waals surface area contributed by atoms with E-state index in [0.717, 1.165) is 17.2 Å². The molecule has 1 heterocycles. The molecule has 1 fully saturated rings. The van der Waals surface area contributed by atoms with Gasteiger partial charge in [0.15, 0.2) is 0 Å². The van der Waals surface area contributed by atoms with Crippen molar-refractivity contribution in [2.24, 2.45) is 7.05 Å². The summed E-state index contributed by atoms with van der Waals surface area (Å²) in [6.07, 6.45) is 5.05. The van der Waals surface area contributed by atoms with E-state index < -0.39 is 0 Å². The second-order valence-electron chi connectivity index (χ2n) is 4.86. The standard InChI is InChI=1S/C11H20N4/c1-8-9(12)10(15(3)14-8)13-11(2)6-4-5-7-11/h13H,4-7,12H2,1-3H3. The van der Waals surface area contributed by atoms with Crippen LogP contribution in [0.3, 0.4) is 0 Å². The summed E-state index contributed by atoms with van der Waals surface area (Å²) in [5, 5.41) is 7.86. The van der Waals surface area contributed by atoms with Crippen LogP contribution >= 0.6 is 0 Å². The molecule has 2 rings (SSSR count). The van der Waals surface area contributed by atoms with Gasteiger partial charge in [0, 0.05) is 12.6 Å². The summed E-state index contributed by atoms with van der Waals surface area (Å²) in [6, 6.07) is 0. The van der Waals surface area contributed by atoms with Gasteiger partial charge in [0.2, 0.25) is 0 Å². The highest BCUT2D eigenvalue weighted by Gasteiger charge is 2.30. The minimum Gasteiger partial charge on any atom is -0.394 e. The summed E-state index contributed by atoms with van der Waals surface area (Å²) in [4.78, 5) is 0. The van der Waals surface area contributed by atoms with Gasteiger partial charge in [0.05, 0.1) is 11.4 Å². The number of hydrogen-bond donors (Lipinski definition) is 2. The van der Waals surface area contributed by atoms with E-state index in [0.29, 0.717) is 0 Å². The molecule has 1 aromatic rings. The Morgan fingerprint density at radius 2 is 2.00 bits per heavy atom. The van der Waals surface area contributed by atoms with E-state index in [1.54, 1.807) is 0 Å². The second kappa shape index (κ2) is 3.43. The summed E-state index contributed by atoms with van der Waals surface area (Å²) in [6.45, 7) is 4.21. The Kier molecular flexibility index (Phi) is 2.37. The summed E-state index contributed by atoms with van der Waals surface area (Å²) >= 11 is 0. The number of nitrogens with one attached hydrogen (secondary N) is 1. The Hall–Kier alpha value is -1.19. The van der Waals surface area contributed by atoms with Crippen molar-refractivity contribution in [3.8, 4) is 0 Å². The normalized spacial score (nSPS) is 19.4. The number of hydrogen-bond acceptors (Lipinski definition) is 3. The van der Waals surface area contributed by atoms with Gasteiger partial charge in [-0.2, -0.15) is 5.10 Å². The maximum absolute atomic E-state index is 5.99. The number of nitrogen functional groups attached to an aromatic ring is 1. The predicted octanol–water partition coefficient (Wildman–Crippen LogP) is 2.06. The third kappa shape index (κ3) is 1.80. The lowest BCUT2D eigenvalue weighted by atomic mass is 10.0. The highest BCUT2D eigenvalue weighted by Crippen LogP contribution is 2.34. The summed E-state index contributed by atoms with van der Waals surface area (Å²) in [7, 11) is 1.93. The molecule has 1 aliphatic carbocycles. The number of anilines is 2. The summed E-state index contributed by atoms with van der Waals surface area (Å²) in [5.41, 5.74) is 7.88. The molecule has 0 radical (unpaired) electrons. The molecule has 15 heavy (non-hydrogen) atoms. The van der Waals surface area contributed by atoms with Gasteiger partial charge >= 0.3 is 0 Å². The fourth-order valence-electron chi connectivity index (χ4n) is 2.39. The minimum atomic E-state index is 0.203. The third-order valence-corrected chi connectivity index (χ3v) is 3.40. The zero-order valence-electron chi connectivity index (χ0n) is 9.80. The van der Waals surface area contributed by atoms with Crippen molar-refractivity contribution < 1.29 is 0 Å². The molecule has 0 saturated heterocycles. The third-order valence-electron chi connectivity index (χ3n) is 3.40. The lowest BCUT2D eigenvalue weighted by Gasteiger charge is -2.26. The first-order valence-electron chi connectivity index (χ1n) is 5.59. The molecule has 0 bridgehead atoms. The number of aryl methyl sites for hydroxylation is 2. The van der Waals surface area contributed by atoms with Crippen molar-refractivity contribution in [1.82, 2.24) is 9.78 Å².